The molecule has 7 heteroatoms. The predicted molar refractivity (Wildman–Crippen MR) is 78.9 cm³/mol. The molecule has 0 bridgehead atoms. The number of aryl methyl sites for hydroxylation is 1. The van der Waals surface area contributed by atoms with Gasteiger partial charge in [0.1, 0.15) is 11.6 Å². The Labute approximate surface area is 125 Å². The van der Waals surface area contributed by atoms with Gasteiger partial charge in [-0.1, -0.05) is 24.8 Å². The maximum Gasteiger partial charge on any atom is 0.335 e. The topological polar surface area (TPSA) is 72.3 Å². The van der Waals surface area contributed by atoms with E-state index in [4.69, 9.17) is 9.84 Å². The maximum atomic E-state index is 10.8. The zero-order chi connectivity index (χ0) is 14.4. The number of carbonyl (C=O) groups is 1. The van der Waals surface area contributed by atoms with E-state index in [0.29, 0.717) is 12.4 Å². The van der Waals surface area contributed by atoms with Gasteiger partial charge in [-0.3, -0.25) is 0 Å². The van der Waals surface area contributed by atoms with E-state index in [1.165, 1.54) is 23.7 Å². The van der Waals surface area contributed by atoms with Crippen LogP contribution in [0.5, 0.6) is 5.75 Å². The van der Waals surface area contributed by atoms with Crippen molar-refractivity contribution in [1.82, 2.24) is 9.36 Å². The van der Waals surface area contributed by atoms with Gasteiger partial charge in [-0.05, 0) is 29.7 Å². The van der Waals surface area contributed by atoms with Gasteiger partial charge in [0.2, 0.25) is 0 Å². The molecule has 0 spiro atoms. The van der Waals surface area contributed by atoms with Crippen LogP contribution in [0.2, 0.25) is 0 Å². The Morgan fingerprint density at radius 2 is 2.35 bits per heavy atom. The van der Waals surface area contributed by atoms with Gasteiger partial charge in [-0.25, -0.2) is 9.78 Å². The second kappa shape index (κ2) is 7.25. The molecular weight excluding hydrogens is 296 g/mol. The lowest BCUT2D eigenvalue weighted by molar-refractivity contribution is 0.0696. The van der Waals surface area contributed by atoms with Crippen LogP contribution in [-0.2, 0) is 6.42 Å². The van der Waals surface area contributed by atoms with E-state index in [-0.39, 0.29) is 5.56 Å². The van der Waals surface area contributed by atoms with Crippen molar-refractivity contribution in [2.45, 2.75) is 17.7 Å². The Morgan fingerprint density at radius 3 is 3.05 bits per heavy atom. The Kier molecular flexibility index (Phi) is 5.37. The van der Waals surface area contributed by atoms with E-state index in [1.54, 1.807) is 23.9 Å². The number of nitrogens with zero attached hydrogens (tertiary/aromatic N) is 2. The largest absolute Gasteiger partial charge is 0.493 e. The van der Waals surface area contributed by atoms with Gasteiger partial charge in [0.15, 0.2) is 4.34 Å². The molecule has 0 saturated heterocycles. The van der Waals surface area contributed by atoms with E-state index in [9.17, 15) is 4.79 Å². The molecular formula is C13H14N2O3S2. The Bertz CT molecular complexity index is 587. The number of hydrogen-bond acceptors (Lipinski definition) is 6. The molecule has 5 nitrogen and oxygen atoms in total. The van der Waals surface area contributed by atoms with Crippen molar-refractivity contribution in [3.05, 3.63) is 35.7 Å². The van der Waals surface area contributed by atoms with Crippen molar-refractivity contribution in [1.29, 1.82) is 0 Å². The van der Waals surface area contributed by atoms with E-state index in [1.807, 2.05) is 6.92 Å². The summed E-state index contributed by atoms with van der Waals surface area (Å²) in [5.74, 6) is 1.23. The van der Waals surface area contributed by atoms with Crippen LogP contribution in [0.3, 0.4) is 0 Å². The maximum absolute atomic E-state index is 10.8. The number of rotatable bonds is 7. The van der Waals surface area contributed by atoms with E-state index >= 15 is 0 Å². The number of aromatic nitrogens is 2. The fourth-order valence-corrected chi connectivity index (χ4v) is 3.03. The van der Waals surface area contributed by atoms with Gasteiger partial charge in [0, 0.05) is 12.2 Å². The number of benzene rings is 1. The molecule has 0 saturated carbocycles. The van der Waals surface area contributed by atoms with Crippen LogP contribution < -0.4 is 4.74 Å². The van der Waals surface area contributed by atoms with Crippen molar-refractivity contribution >= 4 is 29.3 Å². The van der Waals surface area contributed by atoms with Crippen LogP contribution in [0.1, 0.15) is 23.1 Å². The molecule has 1 N–H and O–H groups in total. The number of ether oxygens (including phenoxy) is 1. The first-order valence-corrected chi connectivity index (χ1v) is 7.86. The van der Waals surface area contributed by atoms with Crippen LogP contribution in [0.4, 0.5) is 0 Å². The summed E-state index contributed by atoms with van der Waals surface area (Å²) in [5, 5.41) is 8.88. The molecule has 0 aliphatic rings. The summed E-state index contributed by atoms with van der Waals surface area (Å²) < 4.78 is 10.7. The monoisotopic (exact) mass is 310 g/mol. The normalized spacial score (nSPS) is 10.4. The molecule has 2 aromatic rings. The third-order valence-electron chi connectivity index (χ3n) is 2.42. The zero-order valence-corrected chi connectivity index (χ0v) is 12.5. The fraction of sp³-hybridized carbons (Fsp3) is 0.308. The van der Waals surface area contributed by atoms with Crippen LogP contribution >= 0.6 is 23.3 Å². The van der Waals surface area contributed by atoms with Crippen LogP contribution in [0.15, 0.2) is 28.6 Å². The Morgan fingerprint density at radius 1 is 1.50 bits per heavy atom. The molecule has 1 aromatic carbocycles. The summed E-state index contributed by atoms with van der Waals surface area (Å²) in [6, 6.07) is 6.48. The molecule has 0 aliphatic heterocycles. The van der Waals surface area contributed by atoms with Gasteiger partial charge in [0.05, 0.1) is 12.2 Å². The summed E-state index contributed by atoms with van der Waals surface area (Å²) in [6.45, 7) is 2.52. The number of carboxylic acids is 1. The summed E-state index contributed by atoms with van der Waals surface area (Å²) in [5.41, 5.74) is 0.229. The van der Waals surface area contributed by atoms with Crippen molar-refractivity contribution in [3.8, 4) is 5.75 Å². The third kappa shape index (κ3) is 4.21. The van der Waals surface area contributed by atoms with E-state index < -0.39 is 5.97 Å². The minimum atomic E-state index is -0.953. The molecule has 1 heterocycles. The highest BCUT2D eigenvalue weighted by molar-refractivity contribution is 8.00. The number of carboxylic acid groups (broad SMARTS) is 1. The Hall–Kier alpha value is -1.60. The first-order valence-electron chi connectivity index (χ1n) is 6.10. The van der Waals surface area contributed by atoms with Crippen molar-refractivity contribution in [3.63, 3.8) is 0 Å². The second-order valence-corrected chi connectivity index (χ2v) is 5.95. The fourth-order valence-electron chi connectivity index (χ4n) is 1.45. The molecule has 20 heavy (non-hydrogen) atoms. The predicted octanol–water partition coefficient (Wildman–Crippen LogP) is 2.97. The number of aromatic carboxylic acids is 1. The van der Waals surface area contributed by atoms with E-state index in [2.05, 4.69) is 9.36 Å². The molecule has 106 valence electrons. The van der Waals surface area contributed by atoms with Crippen LogP contribution in [0, 0.1) is 0 Å². The first kappa shape index (κ1) is 14.8. The molecule has 0 atom stereocenters. The highest BCUT2D eigenvalue weighted by atomic mass is 32.2. The second-order valence-electron chi connectivity index (χ2n) is 3.86. The van der Waals surface area contributed by atoms with Crippen LogP contribution in [-0.4, -0.2) is 32.8 Å². The smallest absolute Gasteiger partial charge is 0.335 e. The summed E-state index contributed by atoms with van der Waals surface area (Å²) in [7, 11) is 0. The van der Waals surface area contributed by atoms with Gasteiger partial charge in [-0.2, -0.15) is 4.37 Å². The minimum Gasteiger partial charge on any atom is -0.493 e. The third-order valence-corrected chi connectivity index (χ3v) is 4.26. The number of hydrogen-bond donors (Lipinski definition) is 1. The molecule has 2 rings (SSSR count). The van der Waals surface area contributed by atoms with Crippen LogP contribution in [0.25, 0.3) is 0 Å². The quantitative estimate of drug-likeness (QED) is 0.626. The average Bonchev–Trinajstić information content (AvgIpc) is 2.92. The highest BCUT2D eigenvalue weighted by Gasteiger charge is 2.05. The zero-order valence-electron chi connectivity index (χ0n) is 10.9. The standard InChI is InChI=1S/C13H14N2O3S2/c1-2-11-14-13(20-15-11)19-7-6-18-10-5-3-4-9(8-10)12(16)17/h3-5,8H,2,6-7H2,1H3,(H,16,17). The SMILES string of the molecule is CCc1nsc(SCCOc2cccc(C(=O)O)c2)n1. The lowest BCUT2D eigenvalue weighted by Crippen LogP contribution is -2.02. The van der Waals surface area contributed by atoms with Crippen molar-refractivity contribution in [2.24, 2.45) is 0 Å². The van der Waals surface area contributed by atoms with Gasteiger partial charge >= 0.3 is 5.97 Å². The molecule has 0 unspecified atom stereocenters. The molecule has 0 fully saturated rings. The van der Waals surface area contributed by atoms with Gasteiger partial charge in [-0.15, -0.1) is 0 Å². The molecule has 0 aliphatic carbocycles. The average molecular weight is 310 g/mol. The molecule has 0 radical (unpaired) electrons. The molecule has 1 aromatic heterocycles. The van der Waals surface area contributed by atoms with Crippen molar-refractivity contribution < 1.29 is 14.6 Å². The lowest BCUT2D eigenvalue weighted by Gasteiger charge is -2.05. The number of thioether (sulfide) groups is 1. The first-order chi connectivity index (χ1) is 9.69. The lowest BCUT2D eigenvalue weighted by atomic mass is 10.2. The van der Waals surface area contributed by atoms with Crippen molar-refractivity contribution in [2.75, 3.05) is 12.4 Å². The summed E-state index contributed by atoms with van der Waals surface area (Å²) in [6.07, 6.45) is 0.843. The highest BCUT2D eigenvalue weighted by Crippen LogP contribution is 2.20. The Balaban J connectivity index is 1.78. The van der Waals surface area contributed by atoms with Gasteiger partial charge < -0.3 is 9.84 Å². The summed E-state index contributed by atoms with van der Waals surface area (Å²) >= 11 is 2.99. The van der Waals surface area contributed by atoms with Gasteiger partial charge in [0.25, 0.3) is 0 Å². The molecule has 0 amide bonds. The van der Waals surface area contributed by atoms with E-state index in [0.717, 1.165) is 22.3 Å². The minimum absolute atomic E-state index is 0.229. The summed E-state index contributed by atoms with van der Waals surface area (Å²) in [4.78, 5) is 15.2.